The molecule has 0 N–H and O–H groups in total. The third-order valence-corrected chi connectivity index (χ3v) is 4.39. The van der Waals surface area contributed by atoms with Gasteiger partial charge in [0.05, 0.1) is 22.8 Å². The van der Waals surface area contributed by atoms with Crippen LogP contribution in [0.2, 0.25) is 10.0 Å². The van der Waals surface area contributed by atoms with E-state index in [4.69, 9.17) is 27.9 Å². The van der Waals surface area contributed by atoms with Crippen LogP contribution in [0.25, 0.3) is 0 Å². The Labute approximate surface area is 117 Å². The zero-order valence-electron chi connectivity index (χ0n) is 10.5. The van der Waals surface area contributed by atoms with Gasteiger partial charge in [0.1, 0.15) is 0 Å². The van der Waals surface area contributed by atoms with Crippen molar-refractivity contribution >= 4 is 29.0 Å². The maximum Gasteiger partial charge on any atom is 0.169 e. The van der Waals surface area contributed by atoms with Crippen LogP contribution in [-0.4, -0.2) is 18.5 Å². The number of ketones is 1. The number of rotatable bonds is 2. The molecule has 98 valence electrons. The lowest BCUT2D eigenvalue weighted by Gasteiger charge is -2.26. The molecule has 1 fully saturated rings. The average molecular weight is 287 g/mol. The summed E-state index contributed by atoms with van der Waals surface area (Å²) in [6, 6.07) is 3.58. The summed E-state index contributed by atoms with van der Waals surface area (Å²) in [6.07, 6.45) is 2.00. The molecule has 0 spiro atoms. The third kappa shape index (κ3) is 2.71. The highest BCUT2D eigenvalue weighted by Gasteiger charge is 2.27. The highest BCUT2D eigenvalue weighted by molar-refractivity contribution is 6.44. The second-order valence-corrected chi connectivity index (χ2v) is 5.60. The van der Waals surface area contributed by atoms with Crippen molar-refractivity contribution in [2.75, 3.05) is 6.61 Å². The van der Waals surface area contributed by atoms with Gasteiger partial charge in [-0.25, -0.2) is 0 Å². The average Bonchev–Trinajstić information content (AvgIpc) is 2.36. The van der Waals surface area contributed by atoms with Crippen LogP contribution >= 0.6 is 23.2 Å². The smallest absolute Gasteiger partial charge is 0.169 e. The molecule has 2 atom stereocenters. The van der Waals surface area contributed by atoms with Gasteiger partial charge >= 0.3 is 0 Å². The van der Waals surface area contributed by atoms with Crippen molar-refractivity contribution < 1.29 is 9.53 Å². The van der Waals surface area contributed by atoms with Crippen molar-refractivity contribution in [3.8, 4) is 0 Å². The normalized spacial score (nSPS) is 24.0. The summed E-state index contributed by atoms with van der Waals surface area (Å²) in [5, 5.41) is 0.827. The fraction of sp³-hybridized carbons (Fsp3) is 0.500. The number of hydrogen-bond donors (Lipinski definition) is 0. The predicted molar refractivity (Wildman–Crippen MR) is 73.7 cm³/mol. The number of carbonyl (C=O) groups is 1. The van der Waals surface area contributed by atoms with Crippen LogP contribution < -0.4 is 0 Å². The number of hydrogen-bond acceptors (Lipinski definition) is 2. The Morgan fingerprint density at radius 3 is 2.61 bits per heavy atom. The molecule has 2 nitrogen and oxygen atoms in total. The van der Waals surface area contributed by atoms with Gasteiger partial charge in [-0.1, -0.05) is 29.3 Å². The second-order valence-electron chi connectivity index (χ2n) is 4.84. The van der Waals surface area contributed by atoms with Crippen LogP contribution in [-0.2, 0) is 4.74 Å². The number of ether oxygens (including phenoxy) is 1. The molecule has 0 radical (unpaired) electrons. The number of aryl methyl sites for hydroxylation is 1. The Bertz CT molecular complexity index is 463. The van der Waals surface area contributed by atoms with Gasteiger partial charge < -0.3 is 4.74 Å². The van der Waals surface area contributed by atoms with Gasteiger partial charge in [-0.05, 0) is 38.3 Å². The zero-order valence-corrected chi connectivity index (χ0v) is 12.0. The molecular formula is C14H16Cl2O2. The fourth-order valence-electron chi connectivity index (χ4n) is 2.15. The van der Waals surface area contributed by atoms with Crippen LogP contribution in [0.1, 0.15) is 35.7 Å². The second kappa shape index (κ2) is 5.60. The topological polar surface area (TPSA) is 26.3 Å². The molecule has 4 heteroatoms. The van der Waals surface area contributed by atoms with E-state index in [1.165, 1.54) is 0 Å². The lowest BCUT2D eigenvalue weighted by atomic mass is 9.90. The first-order valence-corrected chi connectivity index (χ1v) is 6.86. The first-order chi connectivity index (χ1) is 8.50. The summed E-state index contributed by atoms with van der Waals surface area (Å²) in [6.45, 7) is 4.37. The van der Waals surface area contributed by atoms with Crippen molar-refractivity contribution in [3.05, 3.63) is 33.3 Å². The van der Waals surface area contributed by atoms with E-state index in [1.54, 1.807) is 6.07 Å². The fourth-order valence-corrected chi connectivity index (χ4v) is 2.62. The van der Waals surface area contributed by atoms with Crippen molar-refractivity contribution in [1.29, 1.82) is 0 Å². The molecule has 18 heavy (non-hydrogen) atoms. The van der Waals surface area contributed by atoms with Crippen molar-refractivity contribution in [2.45, 2.75) is 32.8 Å². The molecule has 1 aliphatic rings. The molecule has 0 amide bonds. The van der Waals surface area contributed by atoms with E-state index in [0.29, 0.717) is 22.2 Å². The van der Waals surface area contributed by atoms with Gasteiger partial charge in [0.25, 0.3) is 0 Å². The summed E-state index contributed by atoms with van der Waals surface area (Å²) < 4.78 is 5.53. The molecule has 1 aliphatic heterocycles. The number of Topliss-reactive ketones (excluding diaryl/α,β-unsaturated/α-hetero) is 1. The minimum Gasteiger partial charge on any atom is -0.378 e. The van der Waals surface area contributed by atoms with Crippen LogP contribution in [0, 0.1) is 12.8 Å². The van der Waals surface area contributed by atoms with E-state index in [1.807, 2.05) is 19.9 Å². The SMILES string of the molecule is Cc1ccc(C(=O)[C@@H]2CCC(C)OC2)c(Cl)c1Cl. The molecule has 1 aromatic rings. The van der Waals surface area contributed by atoms with Crippen molar-refractivity contribution in [2.24, 2.45) is 5.92 Å². The van der Waals surface area contributed by atoms with E-state index in [2.05, 4.69) is 0 Å². The molecule has 1 heterocycles. The summed E-state index contributed by atoms with van der Waals surface area (Å²) in [4.78, 5) is 12.4. The van der Waals surface area contributed by atoms with Gasteiger partial charge in [-0.3, -0.25) is 4.79 Å². The summed E-state index contributed by atoms with van der Waals surface area (Å²) in [7, 11) is 0. The van der Waals surface area contributed by atoms with E-state index < -0.39 is 0 Å². The molecule has 1 unspecified atom stereocenters. The maximum atomic E-state index is 12.4. The van der Waals surface area contributed by atoms with E-state index in [-0.39, 0.29) is 17.8 Å². The Hall–Kier alpha value is -0.570. The Kier molecular flexibility index (Phi) is 4.31. The molecule has 2 rings (SSSR count). The highest BCUT2D eigenvalue weighted by Crippen LogP contribution is 2.32. The lowest BCUT2D eigenvalue weighted by Crippen LogP contribution is -2.29. The van der Waals surface area contributed by atoms with E-state index in [9.17, 15) is 4.79 Å². The Morgan fingerprint density at radius 1 is 1.28 bits per heavy atom. The molecule has 0 aromatic heterocycles. The Morgan fingerprint density at radius 2 is 2.00 bits per heavy atom. The maximum absolute atomic E-state index is 12.4. The molecule has 1 saturated heterocycles. The third-order valence-electron chi connectivity index (χ3n) is 3.42. The number of carbonyl (C=O) groups excluding carboxylic acids is 1. The minimum absolute atomic E-state index is 0.0359. The zero-order chi connectivity index (χ0) is 13.3. The molecule has 0 bridgehead atoms. The van der Waals surface area contributed by atoms with Gasteiger partial charge in [-0.15, -0.1) is 0 Å². The van der Waals surface area contributed by atoms with E-state index in [0.717, 1.165) is 18.4 Å². The van der Waals surface area contributed by atoms with E-state index >= 15 is 0 Å². The first kappa shape index (κ1) is 13.9. The van der Waals surface area contributed by atoms with Crippen molar-refractivity contribution in [1.82, 2.24) is 0 Å². The molecular weight excluding hydrogens is 271 g/mol. The predicted octanol–water partition coefficient (Wildman–Crippen LogP) is 4.30. The van der Waals surface area contributed by atoms with Gasteiger partial charge in [0.2, 0.25) is 0 Å². The standard InChI is InChI=1S/C14H16Cl2O2/c1-8-3-6-11(13(16)12(8)15)14(17)10-5-4-9(2)18-7-10/h3,6,9-10H,4-5,7H2,1-2H3/t9?,10-/m1/s1. The first-order valence-electron chi connectivity index (χ1n) is 6.11. The summed E-state index contributed by atoms with van der Waals surface area (Å²) in [5.41, 5.74) is 1.39. The summed E-state index contributed by atoms with van der Waals surface area (Å²) in [5.74, 6) is -0.0636. The van der Waals surface area contributed by atoms with Crippen LogP contribution in [0.3, 0.4) is 0 Å². The lowest BCUT2D eigenvalue weighted by molar-refractivity contribution is -0.000332. The monoisotopic (exact) mass is 286 g/mol. The van der Waals surface area contributed by atoms with Crippen LogP contribution in [0.15, 0.2) is 12.1 Å². The van der Waals surface area contributed by atoms with Gasteiger partial charge in [0.15, 0.2) is 5.78 Å². The molecule has 0 saturated carbocycles. The van der Waals surface area contributed by atoms with Crippen LogP contribution in [0.5, 0.6) is 0 Å². The number of benzene rings is 1. The van der Waals surface area contributed by atoms with Gasteiger partial charge in [0, 0.05) is 11.5 Å². The highest BCUT2D eigenvalue weighted by atomic mass is 35.5. The molecule has 0 aliphatic carbocycles. The summed E-state index contributed by atoms with van der Waals surface area (Å²) >= 11 is 12.2. The largest absolute Gasteiger partial charge is 0.378 e. The molecule has 1 aromatic carbocycles. The van der Waals surface area contributed by atoms with Crippen LogP contribution in [0.4, 0.5) is 0 Å². The van der Waals surface area contributed by atoms with Gasteiger partial charge in [-0.2, -0.15) is 0 Å². The number of halogens is 2. The Balaban J connectivity index is 2.21. The minimum atomic E-state index is -0.0996. The van der Waals surface area contributed by atoms with Crippen molar-refractivity contribution in [3.63, 3.8) is 0 Å². The quantitative estimate of drug-likeness (QED) is 0.758.